The predicted molar refractivity (Wildman–Crippen MR) is 61.0 cm³/mol. The Balaban J connectivity index is 2.27. The maximum atomic E-state index is 6.14. The Hall–Kier alpha value is -0.730. The van der Waals surface area contributed by atoms with E-state index < -0.39 is 0 Å². The monoisotopic (exact) mass is 210 g/mol. The number of hydrogen-bond acceptors (Lipinski definition) is 2. The summed E-state index contributed by atoms with van der Waals surface area (Å²) in [5.74, 6) is 0. The summed E-state index contributed by atoms with van der Waals surface area (Å²) < 4.78 is 0. The van der Waals surface area contributed by atoms with Crippen LogP contribution in [-0.2, 0) is 0 Å². The Labute approximate surface area is 89.7 Å². The Morgan fingerprint density at radius 2 is 2.29 bits per heavy atom. The Kier molecular flexibility index (Phi) is 2.66. The number of anilines is 1. The first-order chi connectivity index (χ1) is 6.66. The molecule has 0 amide bonds. The standard InChI is InChI=1S/C11H15ClN2/c1-8-2-3-10(12)11(6-8)14-5-4-9(13)7-14/h2-3,6,9H,4-5,7,13H2,1H3. The van der Waals surface area contributed by atoms with Crippen molar-refractivity contribution in [2.24, 2.45) is 5.73 Å². The van der Waals surface area contributed by atoms with Crippen molar-refractivity contribution in [1.82, 2.24) is 0 Å². The molecule has 2 rings (SSSR count). The summed E-state index contributed by atoms with van der Waals surface area (Å²) in [7, 11) is 0. The lowest BCUT2D eigenvalue weighted by Gasteiger charge is -2.19. The van der Waals surface area contributed by atoms with E-state index in [1.165, 1.54) is 5.56 Å². The zero-order valence-electron chi connectivity index (χ0n) is 8.33. The summed E-state index contributed by atoms with van der Waals surface area (Å²) in [6, 6.07) is 6.41. The molecule has 14 heavy (non-hydrogen) atoms. The highest BCUT2D eigenvalue weighted by atomic mass is 35.5. The minimum absolute atomic E-state index is 0.298. The van der Waals surface area contributed by atoms with Gasteiger partial charge in [0.2, 0.25) is 0 Å². The van der Waals surface area contributed by atoms with Crippen LogP contribution in [0.15, 0.2) is 18.2 Å². The molecule has 1 atom stereocenters. The molecule has 0 aromatic heterocycles. The fourth-order valence-corrected chi connectivity index (χ4v) is 2.11. The van der Waals surface area contributed by atoms with Crippen LogP contribution in [0.1, 0.15) is 12.0 Å². The van der Waals surface area contributed by atoms with Gasteiger partial charge in [0.1, 0.15) is 0 Å². The molecule has 2 N–H and O–H groups in total. The summed E-state index contributed by atoms with van der Waals surface area (Å²) in [6.45, 7) is 4.02. The second-order valence-corrected chi connectivity index (χ2v) is 4.36. The van der Waals surface area contributed by atoms with E-state index in [0.29, 0.717) is 6.04 Å². The lowest BCUT2D eigenvalue weighted by Crippen LogP contribution is -2.26. The van der Waals surface area contributed by atoms with Crippen molar-refractivity contribution in [3.05, 3.63) is 28.8 Å². The fourth-order valence-electron chi connectivity index (χ4n) is 1.87. The Morgan fingerprint density at radius 3 is 2.93 bits per heavy atom. The largest absolute Gasteiger partial charge is 0.369 e. The average molecular weight is 211 g/mol. The minimum Gasteiger partial charge on any atom is -0.369 e. The van der Waals surface area contributed by atoms with Gasteiger partial charge < -0.3 is 10.6 Å². The van der Waals surface area contributed by atoms with Crippen LogP contribution in [0.5, 0.6) is 0 Å². The molecular formula is C11H15ClN2. The van der Waals surface area contributed by atoms with Crippen molar-refractivity contribution < 1.29 is 0 Å². The molecule has 1 heterocycles. The smallest absolute Gasteiger partial charge is 0.0639 e. The molecule has 3 heteroatoms. The van der Waals surface area contributed by atoms with Gasteiger partial charge >= 0.3 is 0 Å². The first-order valence-corrected chi connectivity index (χ1v) is 5.31. The zero-order valence-corrected chi connectivity index (χ0v) is 9.09. The van der Waals surface area contributed by atoms with Crippen LogP contribution in [0.2, 0.25) is 5.02 Å². The van der Waals surface area contributed by atoms with E-state index in [9.17, 15) is 0 Å². The van der Waals surface area contributed by atoms with Crippen molar-refractivity contribution in [3.8, 4) is 0 Å². The highest BCUT2D eigenvalue weighted by Gasteiger charge is 2.20. The molecule has 0 aliphatic carbocycles. The van der Waals surface area contributed by atoms with Crippen LogP contribution in [0.3, 0.4) is 0 Å². The van der Waals surface area contributed by atoms with E-state index in [0.717, 1.165) is 30.2 Å². The number of benzene rings is 1. The Bertz CT molecular complexity index is 338. The molecule has 1 fully saturated rings. The van der Waals surface area contributed by atoms with Gasteiger partial charge in [-0.3, -0.25) is 0 Å². The first-order valence-electron chi connectivity index (χ1n) is 4.93. The maximum absolute atomic E-state index is 6.14. The van der Waals surface area contributed by atoms with Gasteiger partial charge in [-0.1, -0.05) is 17.7 Å². The van der Waals surface area contributed by atoms with E-state index in [-0.39, 0.29) is 0 Å². The average Bonchev–Trinajstić information content (AvgIpc) is 2.56. The lowest BCUT2D eigenvalue weighted by atomic mass is 10.2. The summed E-state index contributed by atoms with van der Waals surface area (Å²) in [5.41, 5.74) is 8.23. The van der Waals surface area contributed by atoms with Crippen LogP contribution < -0.4 is 10.6 Å². The summed E-state index contributed by atoms with van der Waals surface area (Å²) >= 11 is 6.14. The molecule has 1 aromatic rings. The third kappa shape index (κ3) is 1.86. The van der Waals surface area contributed by atoms with Crippen molar-refractivity contribution in [2.75, 3.05) is 18.0 Å². The third-order valence-corrected chi connectivity index (χ3v) is 2.99. The summed E-state index contributed by atoms with van der Waals surface area (Å²) in [6.07, 6.45) is 1.06. The predicted octanol–water partition coefficient (Wildman–Crippen LogP) is 2.19. The van der Waals surface area contributed by atoms with Gasteiger partial charge in [0.25, 0.3) is 0 Å². The molecule has 1 aromatic carbocycles. The second-order valence-electron chi connectivity index (χ2n) is 3.95. The van der Waals surface area contributed by atoms with Gasteiger partial charge in [0, 0.05) is 19.1 Å². The molecular weight excluding hydrogens is 196 g/mol. The van der Waals surface area contributed by atoms with Gasteiger partial charge in [0.05, 0.1) is 10.7 Å². The molecule has 1 aliphatic heterocycles. The van der Waals surface area contributed by atoms with Crippen LogP contribution in [0.25, 0.3) is 0 Å². The molecule has 1 unspecified atom stereocenters. The van der Waals surface area contributed by atoms with E-state index in [1.54, 1.807) is 0 Å². The number of nitrogens with zero attached hydrogens (tertiary/aromatic N) is 1. The summed E-state index contributed by atoms with van der Waals surface area (Å²) in [4.78, 5) is 2.26. The molecule has 1 aliphatic rings. The van der Waals surface area contributed by atoms with Gasteiger partial charge in [-0.2, -0.15) is 0 Å². The van der Waals surface area contributed by atoms with Gasteiger partial charge in [-0.25, -0.2) is 0 Å². The van der Waals surface area contributed by atoms with Gasteiger partial charge in [0.15, 0.2) is 0 Å². The maximum Gasteiger partial charge on any atom is 0.0639 e. The van der Waals surface area contributed by atoms with Crippen LogP contribution in [0.4, 0.5) is 5.69 Å². The van der Waals surface area contributed by atoms with Crippen LogP contribution >= 0.6 is 11.6 Å². The van der Waals surface area contributed by atoms with Crippen molar-refractivity contribution in [1.29, 1.82) is 0 Å². The van der Waals surface area contributed by atoms with E-state index in [1.807, 2.05) is 12.1 Å². The van der Waals surface area contributed by atoms with Gasteiger partial charge in [-0.05, 0) is 31.0 Å². The van der Waals surface area contributed by atoms with E-state index >= 15 is 0 Å². The fraction of sp³-hybridized carbons (Fsp3) is 0.455. The van der Waals surface area contributed by atoms with E-state index in [4.69, 9.17) is 17.3 Å². The normalized spacial score (nSPS) is 21.6. The highest BCUT2D eigenvalue weighted by molar-refractivity contribution is 6.33. The molecule has 0 spiro atoms. The molecule has 0 saturated carbocycles. The SMILES string of the molecule is Cc1ccc(Cl)c(N2CCC(N)C2)c1. The van der Waals surface area contributed by atoms with Crippen LogP contribution in [0, 0.1) is 6.92 Å². The zero-order chi connectivity index (χ0) is 10.1. The van der Waals surface area contributed by atoms with E-state index in [2.05, 4.69) is 17.9 Å². The molecule has 76 valence electrons. The van der Waals surface area contributed by atoms with Crippen LogP contribution in [-0.4, -0.2) is 19.1 Å². The molecule has 0 bridgehead atoms. The first kappa shape index (κ1) is 9.81. The summed E-state index contributed by atoms with van der Waals surface area (Å²) in [5, 5.41) is 0.824. The van der Waals surface area contributed by atoms with Crippen molar-refractivity contribution >= 4 is 17.3 Å². The molecule has 0 radical (unpaired) electrons. The molecule has 2 nitrogen and oxygen atoms in total. The molecule has 1 saturated heterocycles. The van der Waals surface area contributed by atoms with Gasteiger partial charge in [-0.15, -0.1) is 0 Å². The number of rotatable bonds is 1. The number of nitrogens with two attached hydrogens (primary N) is 1. The number of hydrogen-bond donors (Lipinski definition) is 1. The minimum atomic E-state index is 0.298. The number of halogens is 1. The lowest BCUT2D eigenvalue weighted by molar-refractivity contribution is 0.752. The second kappa shape index (κ2) is 3.79. The Morgan fingerprint density at radius 1 is 1.50 bits per heavy atom. The number of aryl methyl sites for hydroxylation is 1. The topological polar surface area (TPSA) is 29.3 Å². The van der Waals surface area contributed by atoms with Crippen molar-refractivity contribution in [3.63, 3.8) is 0 Å². The third-order valence-electron chi connectivity index (χ3n) is 2.67. The highest BCUT2D eigenvalue weighted by Crippen LogP contribution is 2.29. The quantitative estimate of drug-likeness (QED) is 0.770. The van der Waals surface area contributed by atoms with Crippen molar-refractivity contribution in [2.45, 2.75) is 19.4 Å².